The van der Waals surface area contributed by atoms with E-state index < -0.39 is 0 Å². The van der Waals surface area contributed by atoms with Crippen molar-refractivity contribution in [3.8, 4) is 17.2 Å². The van der Waals surface area contributed by atoms with E-state index in [1.807, 2.05) is 26.0 Å². The first kappa shape index (κ1) is 33.6. The average Bonchev–Trinajstić information content (AvgIpc) is 2.74. The van der Waals surface area contributed by atoms with Crippen molar-refractivity contribution >= 4 is 38.3 Å². The molecular weight excluding hydrogens is 474 g/mol. The number of benzene rings is 2. The molecule has 0 N–H and O–H groups in total. The Balaban J connectivity index is 0.00000684. The summed E-state index contributed by atoms with van der Waals surface area (Å²) in [5.41, 5.74) is 4.12. The molecule has 0 radical (unpaired) electrons. The number of hydrogen-bond acceptors (Lipinski definition) is 4. The van der Waals surface area contributed by atoms with Crippen LogP contribution in [0.3, 0.4) is 0 Å². The first-order valence-electron chi connectivity index (χ1n) is 13.4. The van der Waals surface area contributed by atoms with Crippen molar-refractivity contribution in [1.29, 1.82) is 0 Å². The standard InChI is InChI=1S/C31H47O4P.Li.H/c1-20(2)10-13-33-26-18-27(34-14-11-21(3)4)30(28(19-26)35-15-12-22(5)6)36-31(32)29-24(8)16-23(7)17-25(29)9;;/h16-22,36H,10-15H2,1-9H3;;. The normalized spacial score (nSPS) is 11.5. The Labute approximate surface area is 239 Å². The summed E-state index contributed by atoms with van der Waals surface area (Å²) in [6.45, 7) is 21.0. The van der Waals surface area contributed by atoms with Gasteiger partial charge in [-0.2, -0.15) is 0 Å². The Morgan fingerprint density at radius 1 is 0.703 bits per heavy atom. The van der Waals surface area contributed by atoms with Crippen LogP contribution in [0.2, 0.25) is 0 Å². The minimum atomic E-state index is -0.0953. The summed E-state index contributed by atoms with van der Waals surface area (Å²) in [4.78, 5) is 13.6. The van der Waals surface area contributed by atoms with Crippen molar-refractivity contribution in [3.63, 3.8) is 0 Å². The zero-order chi connectivity index (χ0) is 26.8. The number of rotatable bonds is 15. The van der Waals surface area contributed by atoms with E-state index in [1.54, 1.807) is 0 Å². The predicted octanol–water partition coefficient (Wildman–Crippen LogP) is 7.38. The van der Waals surface area contributed by atoms with Crippen LogP contribution in [0.15, 0.2) is 24.3 Å². The van der Waals surface area contributed by atoms with Crippen LogP contribution in [0.1, 0.15) is 87.9 Å². The van der Waals surface area contributed by atoms with Crippen LogP contribution in [0.5, 0.6) is 17.2 Å². The molecule has 6 heteroatoms. The van der Waals surface area contributed by atoms with E-state index in [0.29, 0.717) is 49.1 Å². The molecule has 2 aromatic rings. The predicted molar refractivity (Wildman–Crippen MR) is 161 cm³/mol. The van der Waals surface area contributed by atoms with Gasteiger partial charge in [-0.15, -0.1) is 0 Å². The molecule has 1 atom stereocenters. The van der Waals surface area contributed by atoms with E-state index in [1.165, 1.54) is 5.56 Å². The van der Waals surface area contributed by atoms with Gasteiger partial charge in [-0.1, -0.05) is 59.2 Å². The Morgan fingerprint density at radius 3 is 1.51 bits per heavy atom. The molecule has 2 aromatic carbocycles. The SMILES string of the molecule is Cc1cc(C)c(C(=O)Pc2c(OCCC(C)C)cc(OCCC(C)C)cc2OCCC(C)C)c(C)c1.[LiH]. The van der Waals surface area contributed by atoms with E-state index in [4.69, 9.17) is 14.2 Å². The fraction of sp³-hybridized carbons (Fsp3) is 0.581. The van der Waals surface area contributed by atoms with Gasteiger partial charge < -0.3 is 14.2 Å². The van der Waals surface area contributed by atoms with Crippen molar-refractivity contribution in [2.45, 2.75) is 81.6 Å². The molecule has 0 spiro atoms. The van der Waals surface area contributed by atoms with E-state index in [0.717, 1.165) is 47.0 Å². The minimum absolute atomic E-state index is 0. The van der Waals surface area contributed by atoms with E-state index in [2.05, 4.69) is 60.6 Å². The topological polar surface area (TPSA) is 44.8 Å². The second-order valence-corrected chi connectivity index (χ2v) is 12.3. The molecule has 0 heterocycles. The fourth-order valence-corrected chi connectivity index (χ4v) is 5.22. The second-order valence-electron chi connectivity index (χ2n) is 11.1. The summed E-state index contributed by atoms with van der Waals surface area (Å²) in [5, 5.41) is 0.836. The van der Waals surface area contributed by atoms with Gasteiger partial charge in [0.05, 0.1) is 25.1 Å². The molecule has 4 nitrogen and oxygen atoms in total. The van der Waals surface area contributed by atoms with E-state index in [9.17, 15) is 4.79 Å². The summed E-state index contributed by atoms with van der Waals surface area (Å²) in [6.07, 6.45) is 2.85. The quantitative estimate of drug-likeness (QED) is 0.181. The molecule has 2 rings (SSSR count). The maximum atomic E-state index is 13.6. The van der Waals surface area contributed by atoms with Crippen molar-refractivity contribution in [2.75, 3.05) is 19.8 Å². The molecule has 0 saturated carbocycles. The van der Waals surface area contributed by atoms with Gasteiger partial charge >= 0.3 is 18.9 Å². The Bertz CT molecular complexity index is 943. The van der Waals surface area contributed by atoms with Crippen LogP contribution >= 0.6 is 8.58 Å². The molecule has 0 aliphatic rings. The number of aryl methyl sites for hydroxylation is 3. The van der Waals surface area contributed by atoms with Crippen molar-refractivity contribution in [3.05, 3.63) is 46.5 Å². The Kier molecular flexibility index (Phi) is 15.0. The molecule has 0 saturated heterocycles. The van der Waals surface area contributed by atoms with Gasteiger partial charge in [0.1, 0.15) is 17.2 Å². The molecular formula is C31H48LiO4P. The van der Waals surface area contributed by atoms with Gasteiger partial charge in [0.15, 0.2) is 5.52 Å². The second kappa shape index (κ2) is 16.5. The summed E-state index contributed by atoms with van der Waals surface area (Å²) in [6, 6.07) is 8.05. The fourth-order valence-electron chi connectivity index (χ4n) is 3.94. The summed E-state index contributed by atoms with van der Waals surface area (Å²) >= 11 is 0. The molecule has 0 aromatic heterocycles. The van der Waals surface area contributed by atoms with Gasteiger partial charge in [0, 0.05) is 17.7 Å². The van der Waals surface area contributed by atoms with Gasteiger partial charge in [-0.25, -0.2) is 0 Å². The molecule has 1 unspecified atom stereocenters. The van der Waals surface area contributed by atoms with Crippen molar-refractivity contribution < 1.29 is 19.0 Å². The molecule has 37 heavy (non-hydrogen) atoms. The molecule has 0 fully saturated rings. The third-order valence-electron chi connectivity index (χ3n) is 6.05. The number of carbonyl (C=O) groups excluding carboxylic acids is 1. The monoisotopic (exact) mass is 522 g/mol. The van der Waals surface area contributed by atoms with Crippen LogP contribution < -0.4 is 19.5 Å². The van der Waals surface area contributed by atoms with Crippen LogP contribution in [-0.2, 0) is 0 Å². The van der Waals surface area contributed by atoms with E-state index in [-0.39, 0.29) is 33.0 Å². The number of carbonyl (C=O) groups is 1. The summed E-state index contributed by atoms with van der Waals surface area (Å²) in [5.74, 6) is 3.76. The van der Waals surface area contributed by atoms with Crippen molar-refractivity contribution in [2.24, 2.45) is 17.8 Å². The molecule has 0 aliphatic heterocycles. The van der Waals surface area contributed by atoms with Gasteiger partial charge in [-0.05, 0) is 77.5 Å². The first-order chi connectivity index (χ1) is 17.0. The average molecular weight is 523 g/mol. The maximum absolute atomic E-state index is 13.6. The van der Waals surface area contributed by atoms with Crippen LogP contribution in [0.25, 0.3) is 0 Å². The third kappa shape index (κ3) is 11.4. The molecule has 0 bridgehead atoms. The van der Waals surface area contributed by atoms with Crippen molar-refractivity contribution in [1.82, 2.24) is 0 Å². The van der Waals surface area contributed by atoms with Gasteiger partial charge in [0.25, 0.3) is 0 Å². The van der Waals surface area contributed by atoms with E-state index >= 15 is 0 Å². The third-order valence-corrected chi connectivity index (χ3v) is 7.27. The zero-order valence-electron chi connectivity index (χ0n) is 23.9. The van der Waals surface area contributed by atoms with Crippen LogP contribution in [0, 0.1) is 38.5 Å². The molecule has 202 valence electrons. The van der Waals surface area contributed by atoms with Gasteiger partial charge in [-0.3, -0.25) is 4.79 Å². The zero-order valence-corrected chi connectivity index (χ0v) is 24.9. The Morgan fingerprint density at radius 2 is 1.11 bits per heavy atom. The van der Waals surface area contributed by atoms with Gasteiger partial charge in [0.2, 0.25) is 0 Å². The number of hydrogen-bond donors (Lipinski definition) is 0. The summed E-state index contributed by atoms with van der Waals surface area (Å²) < 4.78 is 18.7. The number of ether oxygens (including phenoxy) is 3. The Hall–Kier alpha value is -1.46. The first-order valence-corrected chi connectivity index (χ1v) is 14.4. The summed E-state index contributed by atoms with van der Waals surface area (Å²) in [7, 11) is -0.0953. The molecule has 0 amide bonds. The van der Waals surface area contributed by atoms with Crippen LogP contribution in [-0.4, -0.2) is 44.2 Å². The van der Waals surface area contributed by atoms with Crippen LogP contribution in [0.4, 0.5) is 0 Å². The molecule has 0 aliphatic carbocycles.